The van der Waals surface area contributed by atoms with Crippen LogP contribution in [0.15, 0.2) is 66.7 Å². The number of piperidine rings is 1. The smallest absolute Gasteiger partial charge is 0.253 e. The average Bonchev–Trinajstić information content (AvgIpc) is 3.69. The standard InChI is InChI=1S/C28H26ClN5O2/c29-23-12-10-18(11-13-23)19-14-16-33(17-15-19)27(36)22-8-4-20(5-9-22)24-2-1-3-25-30-28(32-34(24)25)31-26(35)21-6-7-21/h1-5,8-13,19,21H,6-7,14-17H2,(H,31,32,35). The molecule has 1 N–H and O–H groups in total. The van der Waals surface area contributed by atoms with Crippen molar-refractivity contribution in [2.45, 2.75) is 31.6 Å². The molecule has 0 spiro atoms. The Morgan fingerprint density at radius 2 is 1.61 bits per heavy atom. The first-order valence-corrected chi connectivity index (χ1v) is 12.7. The maximum absolute atomic E-state index is 13.2. The second kappa shape index (κ2) is 9.39. The summed E-state index contributed by atoms with van der Waals surface area (Å²) in [5.41, 5.74) is 4.38. The van der Waals surface area contributed by atoms with Gasteiger partial charge in [0, 0.05) is 35.2 Å². The highest BCUT2D eigenvalue weighted by Crippen LogP contribution is 2.31. The first-order valence-electron chi connectivity index (χ1n) is 12.4. The fourth-order valence-corrected chi connectivity index (χ4v) is 4.98. The van der Waals surface area contributed by atoms with Crippen molar-refractivity contribution in [2.75, 3.05) is 18.4 Å². The van der Waals surface area contributed by atoms with Crippen LogP contribution in [0.2, 0.25) is 5.02 Å². The summed E-state index contributed by atoms with van der Waals surface area (Å²) < 4.78 is 1.72. The van der Waals surface area contributed by atoms with E-state index in [0.717, 1.165) is 55.1 Å². The third-order valence-electron chi connectivity index (χ3n) is 7.09. The molecule has 0 atom stereocenters. The minimum absolute atomic E-state index is 0.0208. The van der Waals surface area contributed by atoms with Crippen LogP contribution in [0, 0.1) is 5.92 Å². The third-order valence-corrected chi connectivity index (χ3v) is 7.35. The number of nitrogens with one attached hydrogen (secondary N) is 1. The highest BCUT2D eigenvalue weighted by molar-refractivity contribution is 6.30. The molecule has 1 aliphatic carbocycles. The van der Waals surface area contributed by atoms with Crippen LogP contribution in [0.25, 0.3) is 16.9 Å². The van der Waals surface area contributed by atoms with E-state index in [0.29, 0.717) is 23.1 Å². The second-order valence-corrected chi connectivity index (χ2v) is 10.0. The number of likely N-dealkylation sites (tertiary alicyclic amines) is 1. The van der Waals surface area contributed by atoms with Crippen molar-refractivity contribution in [3.8, 4) is 11.3 Å². The minimum Gasteiger partial charge on any atom is -0.339 e. The van der Waals surface area contributed by atoms with Crippen LogP contribution >= 0.6 is 11.6 Å². The van der Waals surface area contributed by atoms with Crippen molar-refractivity contribution in [1.29, 1.82) is 0 Å². The zero-order valence-electron chi connectivity index (χ0n) is 19.7. The molecule has 2 aromatic carbocycles. The zero-order chi connectivity index (χ0) is 24.6. The van der Waals surface area contributed by atoms with Gasteiger partial charge in [-0.2, -0.15) is 4.98 Å². The summed E-state index contributed by atoms with van der Waals surface area (Å²) in [6, 6.07) is 21.4. The molecule has 1 aliphatic heterocycles. The normalized spacial score (nSPS) is 16.3. The molecule has 2 amide bonds. The Morgan fingerprint density at radius 1 is 0.889 bits per heavy atom. The molecular weight excluding hydrogens is 474 g/mol. The number of fused-ring (bicyclic) bond motifs is 1. The van der Waals surface area contributed by atoms with Crippen molar-refractivity contribution >= 4 is 35.0 Å². The summed E-state index contributed by atoms with van der Waals surface area (Å²) in [4.78, 5) is 31.6. The lowest BCUT2D eigenvalue weighted by Gasteiger charge is -2.32. The number of anilines is 1. The lowest BCUT2D eigenvalue weighted by atomic mass is 9.89. The molecule has 6 rings (SSSR count). The van der Waals surface area contributed by atoms with E-state index >= 15 is 0 Å². The molecule has 7 nitrogen and oxygen atoms in total. The number of rotatable bonds is 5. The first-order chi connectivity index (χ1) is 17.5. The molecule has 1 saturated heterocycles. The van der Waals surface area contributed by atoms with Crippen LogP contribution in [0.1, 0.15) is 47.5 Å². The van der Waals surface area contributed by atoms with Gasteiger partial charge in [-0.25, -0.2) is 4.52 Å². The Labute approximate surface area is 214 Å². The first kappa shape index (κ1) is 22.7. The van der Waals surface area contributed by atoms with Crippen molar-refractivity contribution in [3.05, 3.63) is 82.9 Å². The van der Waals surface area contributed by atoms with E-state index in [-0.39, 0.29) is 17.7 Å². The van der Waals surface area contributed by atoms with Gasteiger partial charge in [0.1, 0.15) is 0 Å². The number of hydrogen-bond acceptors (Lipinski definition) is 4. The van der Waals surface area contributed by atoms with Gasteiger partial charge in [-0.15, -0.1) is 5.10 Å². The van der Waals surface area contributed by atoms with Gasteiger partial charge in [-0.3, -0.25) is 14.9 Å². The molecule has 182 valence electrons. The molecule has 0 bridgehead atoms. The van der Waals surface area contributed by atoms with Crippen molar-refractivity contribution in [1.82, 2.24) is 19.5 Å². The molecule has 36 heavy (non-hydrogen) atoms. The summed E-state index contributed by atoms with van der Waals surface area (Å²) in [7, 11) is 0. The van der Waals surface area contributed by atoms with E-state index in [1.54, 1.807) is 4.52 Å². The van der Waals surface area contributed by atoms with Gasteiger partial charge in [-0.1, -0.05) is 41.9 Å². The topological polar surface area (TPSA) is 79.6 Å². The molecule has 2 aliphatic rings. The quantitative estimate of drug-likeness (QED) is 0.397. The Balaban J connectivity index is 1.15. The molecule has 2 aromatic heterocycles. The monoisotopic (exact) mass is 499 g/mol. The van der Waals surface area contributed by atoms with Crippen molar-refractivity contribution < 1.29 is 9.59 Å². The van der Waals surface area contributed by atoms with Crippen LogP contribution in [0.5, 0.6) is 0 Å². The number of carbonyl (C=O) groups excluding carboxylic acids is 2. The van der Waals surface area contributed by atoms with Gasteiger partial charge in [-0.05, 0) is 73.6 Å². The SMILES string of the molecule is O=C(Nc1nc2cccc(-c3ccc(C(=O)N4CCC(c5ccc(Cl)cc5)CC4)cc3)n2n1)C1CC1. The molecule has 0 unspecified atom stereocenters. The lowest BCUT2D eigenvalue weighted by Crippen LogP contribution is -2.37. The van der Waals surface area contributed by atoms with Gasteiger partial charge in [0.2, 0.25) is 11.9 Å². The largest absolute Gasteiger partial charge is 0.339 e. The second-order valence-electron chi connectivity index (χ2n) is 9.58. The minimum atomic E-state index is -0.0208. The Hall–Kier alpha value is -3.71. The number of aromatic nitrogens is 3. The maximum Gasteiger partial charge on any atom is 0.253 e. The lowest BCUT2D eigenvalue weighted by molar-refractivity contribution is -0.117. The number of hydrogen-bond donors (Lipinski definition) is 1. The summed E-state index contributed by atoms with van der Waals surface area (Å²) in [5.74, 6) is 0.890. The number of benzene rings is 2. The Bertz CT molecular complexity index is 1420. The van der Waals surface area contributed by atoms with Crippen molar-refractivity contribution in [2.24, 2.45) is 5.92 Å². The fourth-order valence-electron chi connectivity index (χ4n) is 4.85. The summed E-state index contributed by atoms with van der Waals surface area (Å²) in [6.45, 7) is 1.48. The average molecular weight is 500 g/mol. The maximum atomic E-state index is 13.2. The molecule has 0 radical (unpaired) electrons. The Kier molecular flexibility index (Phi) is 5.93. The van der Waals surface area contributed by atoms with Crippen molar-refractivity contribution in [3.63, 3.8) is 0 Å². The number of carbonyl (C=O) groups is 2. The van der Waals surface area contributed by atoms with E-state index in [2.05, 4.69) is 27.5 Å². The van der Waals surface area contributed by atoms with E-state index in [4.69, 9.17) is 11.6 Å². The summed E-state index contributed by atoms with van der Waals surface area (Å²) >= 11 is 6.02. The van der Waals surface area contributed by atoms with Crippen LogP contribution < -0.4 is 5.32 Å². The number of amides is 2. The van der Waals surface area contributed by atoms with Gasteiger partial charge >= 0.3 is 0 Å². The van der Waals surface area contributed by atoms with Crippen LogP contribution in [-0.4, -0.2) is 44.4 Å². The molecule has 1 saturated carbocycles. The van der Waals surface area contributed by atoms with E-state index in [1.165, 1.54) is 5.56 Å². The van der Waals surface area contributed by atoms with E-state index in [1.807, 2.05) is 59.5 Å². The molecule has 3 heterocycles. The van der Waals surface area contributed by atoms with Crippen LogP contribution in [-0.2, 0) is 4.79 Å². The molecule has 4 aromatic rings. The molecule has 8 heteroatoms. The van der Waals surface area contributed by atoms with Crippen LogP contribution in [0.4, 0.5) is 5.95 Å². The van der Waals surface area contributed by atoms with Crippen LogP contribution in [0.3, 0.4) is 0 Å². The fraction of sp³-hybridized carbons (Fsp3) is 0.286. The highest BCUT2D eigenvalue weighted by atomic mass is 35.5. The molecule has 2 fully saturated rings. The number of nitrogens with zero attached hydrogens (tertiary/aromatic N) is 4. The van der Waals surface area contributed by atoms with Gasteiger partial charge in [0.15, 0.2) is 5.65 Å². The Morgan fingerprint density at radius 3 is 2.31 bits per heavy atom. The van der Waals surface area contributed by atoms with E-state index < -0.39 is 0 Å². The highest BCUT2D eigenvalue weighted by Gasteiger charge is 2.30. The van der Waals surface area contributed by atoms with Gasteiger partial charge in [0.25, 0.3) is 5.91 Å². The zero-order valence-corrected chi connectivity index (χ0v) is 20.5. The third kappa shape index (κ3) is 4.58. The van der Waals surface area contributed by atoms with E-state index in [9.17, 15) is 9.59 Å². The van der Waals surface area contributed by atoms with Gasteiger partial charge in [0.05, 0.1) is 5.69 Å². The predicted octanol–water partition coefficient (Wildman–Crippen LogP) is 5.42. The summed E-state index contributed by atoms with van der Waals surface area (Å²) in [6.07, 6.45) is 3.74. The van der Waals surface area contributed by atoms with Gasteiger partial charge < -0.3 is 4.90 Å². The number of pyridine rings is 1. The predicted molar refractivity (Wildman–Crippen MR) is 139 cm³/mol. The number of halogens is 1. The molecular formula is C28H26ClN5O2. The summed E-state index contributed by atoms with van der Waals surface area (Å²) in [5, 5.41) is 8.05.